The van der Waals surface area contributed by atoms with E-state index in [2.05, 4.69) is 71.1 Å². The standard InChI is InChI=1S/C16H20BrN/c1-3-9-18(10-4-2)16-8-6-13-11-15(17)7-5-14(13)12-16/h5-8,11-12H,3-4,9-10H2,1-2H3. The van der Waals surface area contributed by atoms with Crippen LogP contribution in [0.15, 0.2) is 40.9 Å². The van der Waals surface area contributed by atoms with Gasteiger partial charge in [-0.25, -0.2) is 0 Å². The van der Waals surface area contributed by atoms with E-state index in [0.717, 1.165) is 17.6 Å². The molecule has 0 unspecified atom stereocenters. The Morgan fingerprint density at radius 3 is 2.17 bits per heavy atom. The van der Waals surface area contributed by atoms with Gasteiger partial charge >= 0.3 is 0 Å². The van der Waals surface area contributed by atoms with Crippen molar-refractivity contribution in [1.82, 2.24) is 0 Å². The molecule has 0 aliphatic heterocycles. The third-order valence-corrected chi connectivity index (χ3v) is 3.63. The van der Waals surface area contributed by atoms with Gasteiger partial charge in [-0.3, -0.25) is 0 Å². The van der Waals surface area contributed by atoms with Gasteiger partial charge in [0, 0.05) is 23.2 Å². The molecule has 0 atom stereocenters. The third-order valence-electron chi connectivity index (χ3n) is 3.14. The van der Waals surface area contributed by atoms with E-state index >= 15 is 0 Å². The van der Waals surface area contributed by atoms with E-state index in [-0.39, 0.29) is 0 Å². The lowest BCUT2D eigenvalue weighted by Crippen LogP contribution is -2.24. The average Bonchev–Trinajstić information content (AvgIpc) is 2.38. The van der Waals surface area contributed by atoms with Gasteiger partial charge in [0.1, 0.15) is 0 Å². The van der Waals surface area contributed by atoms with E-state index in [0.29, 0.717) is 0 Å². The van der Waals surface area contributed by atoms with Crippen molar-refractivity contribution in [2.45, 2.75) is 26.7 Å². The van der Waals surface area contributed by atoms with Crippen LogP contribution in [0.25, 0.3) is 10.8 Å². The first-order valence-electron chi connectivity index (χ1n) is 6.69. The zero-order valence-corrected chi connectivity index (χ0v) is 12.7. The van der Waals surface area contributed by atoms with Crippen LogP contribution in [-0.4, -0.2) is 13.1 Å². The zero-order valence-electron chi connectivity index (χ0n) is 11.1. The summed E-state index contributed by atoms with van der Waals surface area (Å²) in [7, 11) is 0. The van der Waals surface area contributed by atoms with E-state index in [4.69, 9.17) is 0 Å². The van der Waals surface area contributed by atoms with Crippen molar-refractivity contribution in [3.05, 3.63) is 40.9 Å². The number of hydrogen-bond donors (Lipinski definition) is 0. The van der Waals surface area contributed by atoms with Crippen LogP contribution < -0.4 is 4.90 Å². The summed E-state index contributed by atoms with van der Waals surface area (Å²) in [5.41, 5.74) is 1.34. The first-order chi connectivity index (χ1) is 8.74. The summed E-state index contributed by atoms with van der Waals surface area (Å²) >= 11 is 3.52. The van der Waals surface area contributed by atoms with Crippen LogP contribution in [0.3, 0.4) is 0 Å². The fourth-order valence-corrected chi connectivity index (χ4v) is 2.69. The third kappa shape index (κ3) is 3.05. The zero-order chi connectivity index (χ0) is 13.0. The summed E-state index contributed by atoms with van der Waals surface area (Å²) in [5, 5.41) is 2.61. The van der Waals surface area contributed by atoms with Crippen molar-refractivity contribution >= 4 is 32.4 Å². The maximum atomic E-state index is 3.52. The Kier molecular flexibility index (Phi) is 4.65. The number of anilines is 1. The smallest absolute Gasteiger partial charge is 0.0372 e. The molecule has 0 saturated heterocycles. The summed E-state index contributed by atoms with van der Waals surface area (Å²) in [6, 6.07) is 13.2. The lowest BCUT2D eigenvalue weighted by Gasteiger charge is -2.24. The Bertz CT molecular complexity index is 515. The first-order valence-corrected chi connectivity index (χ1v) is 7.48. The molecule has 18 heavy (non-hydrogen) atoms. The Morgan fingerprint density at radius 1 is 0.889 bits per heavy atom. The van der Waals surface area contributed by atoms with Crippen LogP contribution in [0, 0.1) is 0 Å². The molecule has 0 saturated carbocycles. The minimum atomic E-state index is 1.13. The maximum absolute atomic E-state index is 3.52. The summed E-state index contributed by atoms with van der Waals surface area (Å²) in [5.74, 6) is 0. The van der Waals surface area contributed by atoms with Crippen LogP contribution >= 0.6 is 15.9 Å². The molecule has 0 aliphatic rings. The Morgan fingerprint density at radius 2 is 1.50 bits per heavy atom. The molecule has 0 amide bonds. The van der Waals surface area contributed by atoms with Gasteiger partial charge in [0.25, 0.3) is 0 Å². The second-order valence-corrected chi connectivity index (χ2v) is 5.58. The fraction of sp³-hybridized carbons (Fsp3) is 0.375. The molecule has 1 nitrogen and oxygen atoms in total. The van der Waals surface area contributed by atoms with Gasteiger partial charge < -0.3 is 4.90 Å². The molecule has 2 rings (SSSR count). The van der Waals surface area contributed by atoms with E-state index in [1.807, 2.05) is 0 Å². The van der Waals surface area contributed by atoms with Crippen LogP contribution in [0.4, 0.5) is 5.69 Å². The van der Waals surface area contributed by atoms with E-state index in [9.17, 15) is 0 Å². The second-order valence-electron chi connectivity index (χ2n) is 4.66. The summed E-state index contributed by atoms with van der Waals surface area (Å²) in [6.07, 6.45) is 2.39. The second kappa shape index (κ2) is 6.24. The molecule has 0 spiro atoms. The predicted octanol–water partition coefficient (Wildman–Crippen LogP) is 5.23. The molecule has 2 aromatic carbocycles. The number of halogens is 1. The minimum absolute atomic E-state index is 1.13. The summed E-state index contributed by atoms with van der Waals surface area (Å²) in [4.78, 5) is 2.47. The van der Waals surface area contributed by atoms with E-state index in [1.54, 1.807) is 0 Å². The van der Waals surface area contributed by atoms with Crippen molar-refractivity contribution in [3.63, 3.8) is 0 Å². The van der Waals surface area contributed by atoms with Crippen molar-refractivity contribution < 1.29 is 0 Å². The van der Waals surface area contributed by atoms with Gasteiger partial charge in [-0.1, -0.05) is 41.9 Å². The lowest BCUT2D eigenvalue weighted by atomic mass is 10.1. The molecule has 0 aromatic heterocycles. The molecule has 2 heteroatoms. The molecule has 0 bridgehead atoms. The van der Waals surface area contributed by atoms with E-state index in [1.165, 1.54) is 29.3 Å². The Hall–Kier alpha value is -1.02. The Labute approximate surface area is 118 Å². The largest absolute Gasteiger partial charge is 0.372 e. The summed E-state index contributed by atoms with van der Waals surface area (Å²) < 4.78 is 1.14. The highest BCUT2D eigenvalue weighted by Crippen LogP contribution is 2.25. The quantitative estimate of drug-likeness (QED) is 0.731. The monoisotopic (exact) mass is 305 g/mol. The normalized spacial score (nSPS) is 10.8. The van der Waals surface area contributed by atoms with E-state index < -0.39 is 0 Å². The SMILES string of the molecule is CCCN(CCC)c1ccc2cc(Br)ccc2c1. The fourth-order valence-electron chi connectivity index (χ4n) is 2.31. The predicted molar refractivity (Wildman–Crippen MR) is 84.4 cm³/mol. The van der Waals surface area contributed by atoms with Gasteiger partial charge in [-0.05, 0) is 47.9 Å². The first kappa shape index (κ1) is 13.4. The molecule has 0 fully saturated rings. The molecule has 0 N–H and O–H groups in total. The number of fused-ring (bicyclic) bond motifs is 1. The molecule has 0 heterocycles. The highest BCUT2D eigenvalue weighted by molar-refractivity contribution is 9.10. The van der Waals surface area contributed by atoms with Crippen molar-refractivity contribution in [2.75, 3.05) is 18.0 Å². The molecule has 2 aromatic rings. The topological polar surface area (TPSA) is 3.24 Å². The number of rotatable bonds is 5. The van der Waals surface area contributed by atoms with Gasteiger partial charge in [0.15, 0.2) is 0 Å². The van der Waals surface area contributed by atoms with Crippen molar-refractivity contribution in [2.24, 2.45) is 0 Å². The molecular formula is C16H20BrN. The average molecular weight is 306 g/mol. The number of benzene rings is 2. The number of nitrogens with zero attached hydrogens (tertiary/aromatic N) is 1. The lowest BCUT2D eigenvalue weighted by molar-refractivity contribution is 0.745. The van der Waals surface area contributed by atoms with Crippen LogP contribution in [-0.2, 0) is 0 Å². The van der Waals surface area contributed by atoms with Crippen molar-refractivity contribution in [1.29, 1.82) is 0 Å². The minimum Gasteiger partial charge on any atom is -0.372 e. The molecule has 96 valence electrons. The molecular weight excluding hydrogens is 286 g/mol. The van der Waals surface area contributed by atoms with Gasteiger partial charge in [0.2, 0.25) is 0 Å². The van der Waals surface area contributed by atoms with Gasteiger partial charge in [0.05, 0.1) is 0 Å². The number of hydrogen-bond acceptors (Lipinski definition) is 1. The van der Waals surface area contributed by atoms with Crippen LogP contribution in [0.5, 0.6) is 0 Å². The van der Waals surface area contributed by atoms with Crippen LogP contribution in [0.2, 0.25) is 0 Å². The highest BCUT2D eigenvalue weighted by atomic mass is 79.9. The maximum Gasteiger partial charge on any atom is 0.0372 e. The van der Waals surface area contributed by atoms with Crippen molar-refractivity contribution in [3.8, 4) is 0 Å². The molecule has 0 radical (unpaired) electrons. The summed E-state index contributed by atoms with van der Waals surface area (Å²) in [6.45, 7) is 6.74. The van der Waals surface area contributed by atoms with Gasteiger partial charge in [-0.2, -0.15) is 0 Å². The van der Waals surface area contributed by atoms with Gasteiger partial charge in [-0.15, -0.1) is 0 Å². The highest BCUT2D eigenvalue weighted by Gasteiger charge is 2.05. The van der Waals surface area contributed by atoms with Crippen LogP contribution in [0.1, 0.15) is 26.7 Å². The Balaban J connectivity index is 2.35. The molecule has 0 aliphatic carbocycles.